The van der Waals surface area contributed by atoms with E-state index in [2.05, 4.69) is 11.8 Å². The number of unbranched alkanes of at least 4 members (excludes halogenated alkanes) is 1. The molecule has 2 aromatic rings. The number of carbonyl (C=O) groups is 2. The lowest BCUT2D eigenvalue weighted by molar-refractivity contribution is -0.129. The summed E-state index contributed by atoms with van der Waals surface area (Å²) in [6.45, 7) is 6.68. The van der Waals surface area contributed by atoms with E-state index in [1.807, 2.05) is 29.6 Å². The zero-order chi connectivity index (χ0) is 23.2. The molecule has 0 saturated carbocycles. The first-order valence-corrected chi connectivity index (χ1v) is 12.3. The van der Waals surface area contributed by atoms with Gasteiger partial charge in [0, 0.05) is 26.2 Å². The van der Waals surface area contributed by atoms with Gasteiger partial charge in [0.2, 0.25) is 5.78 Å². The highest BCUT2D eigenvalue weighted by Gasteiger charge is 2.44. The Morgan fingerprint density at radius 3 is 2.76 bits per heavy atom. The summed E-state index contributed by atoms with van der Waals surface area (Å²) in [7, 11) is 0. The molecule has 1 aromatic carbocycles. The number of Topliss-reactive ketones (excluding diaryl/α,β-unsaturated/α-hetero) is 1. The molecule has 2 aliphatic heterocycles. The van der Waals surface area contributed by atoms with Gasteiger partial charge in [-0.25, -0.2) is 0 Å². The number of amides is 1. The van der Waals surface area contributed by atoms with E-state index in [0.29, 0.717) is 43.5 Å². The average Bonchev–Trinajstić information content (AvgIpc) is 3.46. The number of aliphatic hydroxyl groups excluding tert-OH is 1. The molecule has 1 N–H and O–H groups in total. The second kappa shape index (κ2) is 11.0. The molecule has 0 bridgehead atoms. The van der Waals surface area contributed by atoms with E-state index in [1.54, 1.807) is 17.0 Å². The molecule has 1 amide bonds. The van der Waals surface area contributed by atoms with Crippen LogP contribution in [0.5, 0.6) is 5.75 Å². The van der Waals surface area contributed by atoms with Crippen molar-refractivity contribution >= 4 is 23.0 Å². The van der Waals surface area contributed by atoms with E-state index < -0.39 is 17.7 Å². The largest absolute Gasteiger partial charge is 0.503 e. The minimum absolute atomic E-state index is 0.134. The zero-order valence-electron chi connectivity index (χ0n) is 18.9. The van der Waals surface area contributed by atoms with Crippen LogP contribution in [0.3, 0.4) is 0 Å². The van der Waals surface area contributed by atoms with Crippen LogP contribution >= 0.6 is 11.3 Å². The molecule has 3 heterocycles. The number of hydrogen-bond acceptors (Lipinski definition) is 7. The Morgan fingerprint density at radius 1 is 1.21 bits per heavy atom. The van der Waals surface area contributed by atoms with Crippen LogP contribution in [0.1, 0.15) is 41.0 Å². The Hall–Kier alpha value is -2.68. The van der Waals surface area contributed by atoms with Crippen molar-refractivity contribution in [3.05, 3.63) is 63.6 Å². The topological polar surface area (TPSA) is 79.3 Å². The van der Waals surface area contributed by atoms with Gasteiger partial charge in [-0.05, 0) is 35.6 Å². The van der Waals surface area contributed by atoms with Gasteiger partial charge in [-0.1, -0.05) is 31.5 Å². The van der Waals surface area contributed by atoms with Gasteiger partial charge in [0.25, 0.3) is 5.91 Å². The number of hydrogen-bond donors (Lipinski definition) is 1. The molecule has 4 rings (SSSR count). The summed E-state index contributed by atoms with van der Waals surface area (Å²) in [6.07, 6.45) is 1.98. The number of aliphatic hydroxyl groups is 1. The molecule has 0 spiro atoms. The molecule has 1 atom stereocenters. The van der Waals surface area contributed by atoms with Crippen LogP contribution in [0.4, 0.5) is 0 Å². The Morgan fingerprint density at radius 2 is 2.03 bits per heavy atom. The molecule has 1 fully saturated rings. The lowest BCUT2D eigenvalue weighted by Crippen LogP contribution is -2.43. The SMILES string of the molecule is CCCCOc1cccc(C2C(C(=O)c3cccs3)=C(O)C(=O)N2CCN2CCOCC2)c1. The highest BCUT2D eigenvalue weighted by atomic mass is 32.1. The Kier molecular flexibility index (Phi) is 7.80. The van der Waals surface area contributed by atoms with E-state index in [9.17, 15) is 14.7 Å². The van der Waals surface area contributed by atoms with E-state index >= 15 is 0 Å². The normalized spacial score (nSPS) is 19.4. The molecular formula is C25H30N2O5S. The van der Waals surface area contributed by atoms with Crippen LogP contribution in [-0.2, 0) is 9.53 Å². The lowest BCUT2D eigenvalue weighted by atomic mass is 9.95. The van der Waals surface area contributed by atoms with Gasteiger partial charge in [0.15, 0.2) is 5.76 Å². The first-order chi connectivity index (χ1) is 16.1. The Bertz CT molecular complexity index is 998. The minimum Gasteiger partial charge on any atom is -0.503 e. The number of ether oxygens (including phenoxy) is 2. The number of thiophene rings is 1. The molecule has 1 unspecified atom stereocenters. The fraction of sp³-hybridized carbons (Fsp3) is 0.440. The molecule has 176 valence electrons. The molecular weight excluding hydrogens is 440 g/mol. The molecule has 1 aromatic heterocycles. The van der Waals surface area contributed by atoms with Crippen LogP contribution in [0, 0.1) is 0 Å². The van der Waals surface area contributed by atoms with E-state index in [0.717, 1.165) is 31.5 Å². The van der Waals surface area contributed by atoms with E-state index in [-0.39, 0.29) is 11.4 Å². The number of benzene rings is 1. The van der Waals surface area contributed by atoms with E-state index in [4.69, 9.17) is 9.47 Å². The third-order valence-corrected chi connectivity index (χ3v) is 6.86. The maximum absolute atomic E-state index is 13.4. The summed E-state index contributed by atoms with van der Waals surface area (Å²) >= 11 is 1.30. The van der Waals surface area contributed by atoms with Crippen molar-refractivity contribution in [2.75, 3.05) is 46.0 Å². The molecule has 8 heteroatoms. The van der Waals surface area contributed by atoms with Crippen LogP contribution in [0.2, 0.25) is 0 Å². The number of morpholine rings is 1. The van der Waals surface area contributed by atoms with Crippen molar-refractivity contribution in [1.29, 1.82) is 0 Å². The van der Waals surface area contributed by atoms with Crippen LogP contribution in [0.25, 0.3) is 0 Å². The Balaban J connectivity index is 1.64. The van der Waals surface area contributed by atoms with E-state index in [1.165, 1.54) is 11.3 Å². The predicted octanol–water partition coefficient (Wildman–Crippen LogP) is 3.84. The van der Waals surface area contributed by atoms with Crippen molar-refractivity contribution in [3.8, 4) is 5.75 Å². The molecule has 7 nitrogen and oxygen atoms in total. The number of rotatable bonds is 10. The van der Waals surface area contributed by atoms with Crippen molar-refractivity contribution < 1.29 is 24.2 Å². The Labute approximate surface area is 198 Å². The third kappa shape index (κ3) is 5.29. The summed E-state index contributed by atoms with van der Waals surface area (Å²) in [6, 6.07) is 10.3. The maximum atomic E-state index is 13.4. The van der Waals surface area contributed by atoms with Gasteiger partial charge in [-0.3, -0.25) is 14.5 Å². The van der Waals surface area contributed by atoms with Gasteiger partial charge < -0.3 is 19.5 Å². The van der Waals surface area contributed by atoms with Gasteiger partial charge in [-0.2, -0.15) is 0 Å². The second-order valence-electron chi connectivity index (χ2n) is 8.20. The van der Waals surface area contributed by atoms with Gasteiger partial charge >= 0.3 is 0 Å². The number of ketones is 1. The monoisotopic (exact) mass is 470 g/mol. The minimum atomic E-state index is -0.664. The quantitative estimate of drug-likeness (QED) is 0.420. The molecule has 33 heavy (non-hydrogen) atoms. The zero-order valence-corrected chi connectivity index (χ0v) is 19.7. The summed E-state index contributed by atoms with van der Waals surface area (Å²) in [5.74, 6) is -0.592. The summed E-state index contributed by atoms with van der Waals surface area (Å²) in [5, 5.41) is 12.6. The third-order valence-electron chi connectivity index (χ3n) is 5.99. The summed E-state index contributed by atoms with van der Waals surface area (Å²) < 4.78 is 11.3. The second-order valence-corrected chi connectivity index (χ2v) is 9.15. The van der Waals surface area contributed by atoms with Gasteiger partial charge in [0.1, 0.15) is 5.75 Å². The molecule has 1 saturated heterocycles. The molecule has 0 aliphatic carbocycles. The standard InChI is InChI=1S/C25H30N2O5S/c1-2-3-13-32-19-7-4-6-18(17-19)22-21(23(28)20-8-5-16-33-20)24(29)25(30)27(22)10-9-26-11-14-31-15-12-26/h4-8,16-17,22,29H,2-3,9-15H2,1H3. The van der Waals surface area contributed by atoms with Crippen molar-refractivity contribution in [2.24, 2.45) is 0 Å². The molecule has 2 aliphatic rings. The van der Waals surface area contributed by atoms with Crippen molar-refractivity contribution in [2.45, 2.75) is 25.8 Å². The molecule has 0 radical (unpaired) electrons. The fourth-order valence-electron chi connectivity index (χ4n) is 4.19. The maximum Gasteiger partial charge on any atom is 0.290 e. The smallest absolute Gasteiger partial charge is 0.290 e. The predicted molar refractivity (Wildman–Crippen MR) is 127 cm³/mol. The van der Waals surface area contributed by atoms with Gasteiger partial charge in [-0.15, -0.1) is 11.3 Å². The van der Waals surface area contributed by atoms with Gasteiger partial charge in [0.05, 0.1) is 36.3 Å². The summed E-state index contributed by atoms with van der Waals surface area (Å²) in [5.41, 5.74) is 0.887. The summed E-state index contributed by atoms with van der Waals surface area (Å²) in [4.78, 5) is 30.8. The number of carbonyl (C=O) groups excluding carboxylic acids is 2. The van der Waals surface area contributed by atoms with Crippen LogP contribution in [0.15, 0.2) is 53.1 Å². The van der Waals surface area contributed by atoms with Crippen molar-refractivity contribution in [3.63, 3.8) is 0 Å². The van der Waals surface area contributed by atoms with Crippen LogP contribution < -0.4 is 4.74 Å². The first-order valence-electron chi connectivity index (χ1n) is 11.4. The lowest BCUT2D eigenvalue weighted by Gasteiger charge is -2.31. The highest BCUT2D eigenvalue weighted by molar-refractivity contribution is 7.12. The fourth-order valence-corrected chi connectivity index (χ4v) is 4.86. The first kappa shape index (κ1) is 23.5. The van der Waals surface area contributed by atoms with Crippen LogP contribution in [-0.4, -0.2) is 72.6 Å². The number of nitrogens with zero attached hydrogens (tertiary/aromatic N) is 2. The van der Waals surface area contributed by atoms with Crippen molar-refractivity contribution in [1.82, 2.24) is 9.80 Å². The average molecular weight is 471 g/mol. The highest BCUT2D eigenvalue weighted by Crippen LogP contribution is 2.40.